The number of nitrogens with two attached hydrogens (primary N) is 1. The second kappa shape index (κ2) is 9.03. The van der Waals surface area contributed by atoms with Crippen LogP contribution in [0.3, 0.4) is 0 Å². The third-order valence-corrected chi connectivity index (χ3v) is 4.92. The molecule has 1 amide bonds. The molecule has 3 N–H and O–H groups in total. The summed E-state index contributed by atoms with van der Waals surface area (Å²) in [5, 5.41) is 5.99. The molecule has 8 heteroatoms. The zero-order chi connectivity index (χ0) is 13.9. The van der Waals surface area contributed by atoms with Gasteiger partial charge in [0.25, 0.3) is 0 Å². The van der Waals surface area contributed by atoms with Crippen LogP contribution in [0.25, 0.3) is 0 Å². The SMILES string of the molecule is Cl.Cl.NC(C(=O)NCc1nc(C2CC2)cs1)C1CCOCC1. The van der Waals surface area contributed by atoms with Crippen LogP contribution in [0.4, 0.5) is 0 Å². The molecule has 3 rings (SSSR count). The van der Waals surface area contributed by atoms with Crippen LogP contribution in [0.2, 0.25) is 0 Å². The molecule has 1 saturated heterocycles. The number of nitrogens with zero attached hydrogens (tertiary/aromatic N) is 1. The topological polar surface area (TPSA) is 77.2 Å². The maximum atomic E-state index is 12.1. The molecule has 1 saturated carbocycles. The third kappa shape index (κ3) is 5.06. The van der Waals surface area contributed by atoms with Gasteiger partial charge in [0.1, 0.15) is 5.01 Å². The standard InChI is InChI=1S/C14H21N3O2S.2ClH/c15-13(10-3-5-19-6-4-10)14(18)16-7-12-17-11(8-20-12)9-1-2-9;;/h8-10,13H,1-7,15H2,(H,16,18);2*1H. The molecule has 1 aliphatic carbocycles. The van der Waals surface area contributed by atoms with E-state index in [9.17, 15) is 4.79 Å². The number of hydrogen-bond donors (Lipinski definition) is 2. The van der Waals surface area contributed by atoms with E-state index in [2.05, 4.69) is 15.7 Å². The van der Waals surface area contributed by atoms with E-state index in [1.807, 2.05) is 0 Å². The van der Waals surface area contributed by atoms with Crippen molar-refractivity contribution in [3.8, 4) is 0 Å². The van der Waals surface area contributed by atoms with E-state index < -0.39 is 6.04 Å². The highest BCUT2D eigenvalue weighted by Crippen LogP contribution is 2.40. The van der Waals surface area contributed by atoms with E-state index in [-0.39, 0.29) is 36.6 Å². The zero-order valence-corrected chi connectivity index (χ0v) is 14.8. The first-order valence-electron chi connectivity index (χ1n) is 7.29. The Morgan fingerprint density at radius 3 is 2.68 bits per heavy atom. The van der Waals surface area contributed by atoms with E-state index in [1.165, 1.54) is 18.5 Å². The van der Waals surface area contributed by atoms with Gasteiger partial charge in [-0.15, -0.1) is 36.2 Å². The van der Waals surface area contributed by atoms with Crippen LogP contribution in [0.1, 0.15) is 42.3 Å². The molecule has 0 spiro atoms. The first-order chi connectivity index (χ1) is 9.74. The lowest BCUT2D eigenvalue weighted by Gasteiger charge is -2.26. The van der Waals surface area contributed by atoms with Crippen LogP contribution in [0.15, 0.2) is 5.38 Å². The minimum atomic E-state index is -0.429. The van der Waals surface area contributed by atoms with E-state index in [0.717, 1.165) is 17.8 Å². The molecule has 0 aromatic carbocycles. The molecule has 1 aliphatic heterocycles. The maximum Gasteiger partial charge on any atom is 0.237 e. The number of amides is 1. The van der Waals surface area contributed by atoms with Crippen LogP contribution >= 0.6 is 36.2 Å². The first-order valence-corrected chi connectivity index (χ1v) is 8.17. The van der Waals surface area contributed by atoms with Gasteiger partial charge in [-0.25, -0.2) is 4.98 Å². The van der Waals surface area contributed by atoms with Crippen molar-refractivity contribution in [2.75, 3.05) is 13.2 Å². The van der Waals surface area contributed by atoms with Crippen LogP contribution in [-0.2, 0) is 16.1 Å². The Balaban J connectivity index is 0.00000121. The van der Waals surface area contributed by atoms with Crippen LogP contribution in [0.5, 0.6) is 0 Å². The van der Waals surface area contributed by atoms with Gasteiger partial charge < -0.3 is 15.8 Å². The number of ether oxygens (including phenoxy) is 1. The second-order valence-corrected chi connectivity index (χ2v) is 6.58. The highest BCUT2D eigenvalue weighted by atomic mass is 35.5. The molecule has 0 radical (unpaired) electrons. The average molecular weight is 368 g/mol. The molecule has 5 nitrogen and oxygen atoms in total. The number of rotatable bonds is 5. The molecule has 0 bridgehead atoms. The van der Waals surface area contributed by atoms with Gasteiger partial charge in [-0.3, -0.25) is 4.79 Å². The maximum absolute atomic E-state index is 12.1. The first kappa shape index (κ1) is 19.6. The molecular formula is C14H23Cl2N3O2S. The number of hydrogen-bond acceptors (Lipinski definition) is 5. The molecule has 2 fully saturated rings. The lowest BCUT2D eigenvalue weighted by Crippen LogP contribution is -2.46. The molecule has 2 heterocycles. The van der Waals surface area contributed by atoms with E-state index in [1.54, 1.807) is 11.3 Å². The molecule has 126 valence electrons. The lowest BCUT2D eigenvalue weighted by atomic mass is 9.92. The summed E-state index contributed by atoms with van der Waals surface area (Å²) in [6.45, 7) is 1.92. The Morgan fingerprint density at radius 1 is 1.36 bits per heavy atom. The molecule has 2 aliphatic rings. The largest absolute Gasteiger partial charge is 0.381 e. The van der Waals surface area contributed by atoms with E-state index in [0.29, 0.717) is 25.7 Å². The Bertz CT molecular complexity index is 476. The molecule has 1 atom stereocenters. The van der Waals surface area contributed by atoms with Gasteiger partial charge in [-0.05, 0) is 31.6 Å². The summed E-state index contributed by atoms with van der Waals surface area (Å²) in [7, 11) is 0. The quantitative estimate of drug-likeness (QED) is 0.836. The Morgan fingerprint density at radius 2 is 2.05 bits per heavy atom. The molecular weight excluding hydrogens is 345 g/mol. The van der Waals surface area contributed by atoms with Crippen LogP contribution in [0, 0.1) is 5.92 Å². The van der Waals surface area contributed by atoms with E-state index in [4.69, 9.17) is 10.5 Å². The third-order valence-electron chi connectivity index (χ3n) is 4.06. The van der Waals surface area contributed by atoms with Crippen molar-refractivity contribution in [2.45, 2.75) is 44.2 Å². The average Bonchev–Trinajstić information content (AvgIpc) is 3.24. The second-order valence-electron chi connectivity index (χ2n) is 5.63. The number of halogens is 2. The van der Waals surface area contributed by atoms with Crippen LogP contribution < -0.4 is 11.1 Å². The summed E-state index contributed by atoms with van der Waals surface area (Å²) in [6, 6.07) is -0.429. The molecule has 1 aromatic heterocycles. The highest BCUT2D eigenvalue weighted by Gasteiger charge is 2.27. The zero-order valence-electron chi connectivity index (χ0n) is 12.3. The summed E-state index contributed by atoms with van der Waals surface area (Å²) in [5.74, 6) is 0.835. The molecule has 22 heavy (non-hydrogen) atoms. The van der Waals surface area contributed by atoms with Gasteiger partial charge in [0.05, 0.1) is 18.3 Å². The minimum Gasteiger partial charge on any atom is -0.381 e. The van der Waals surface area contributed by atoms with Gasteiger partial charge in [0.15, 0.2) is 0 Å². The fourth-order valence-electron chi connectivity index (χ4n) is 2.54. The van der Waals surface area contributed by atoms with Crippen LogP contribution in [-0.4, -0.2) is 30.1 Å². The van der Waals surface area contributed by atoms with Gasteiger partial charge >= 0.3 is 0 Å². The summed E-state index contributed by atoms with van der Waals surface area (Å²) < 4.78 is 5.29. The minimum absolute atomic E-state index is 0. The Labute approximate surface area is 147 Å². The van der Waals surface area contributed by atoms with Gasteiger partial charge in [0, 0.05) is 24.5 Å². The van der Waals surface area contributed by atoms with Gasteiger partial charge in [-0.2, -0.15) is 0 Å². The van der Waals surface area contributed by atoms with Crippen molar-refractivity contribution in [3.05, 3.63) is 16.1 Å². The van der Waals surface area contributed by atoms with Gasteiger partial charge in [-0.1, -0.05) is 0 Å². The monoisotopic (exact) mass is 367 g/mol. The Hall–Kier alpha value is -0.400. The summed E-state index contributed by atoms with van der Waals surface area (Å²) >= 11 is 1.62. The lowest BCUT2D eigenvalue weighted by molar-refractivity contribution is -0.124. The summed E-state index contributed by atoms with van der Waals surface area (Å²) in [4.78, 5) is 16.6. The summed E-state index contributed by atoms with van der Waals surface area (Å²) in [5.41, 5.74) is 7.22. The highest BCUT2D eigenvalue weighted by molar-refractivity contribution is 7.09. The predicted molar refractivity (Wildman–Crippen MR) is 92.0 cm³/mol. The predicted octanol–water partition coefficient (Wildman–Crippen LogP) is 2.23. The van der Waals surface area contributed by atoms with Crippen molar-refractivity contribution in [1.82, 2.24) is 10.3 Å². The number of carbonyl (C=O) groups is 1. The fraction of sp³-hybridized carbons (Fsp3) is 0.714. The number of thiazole rings is 1. The van der Waals surface area contributed by atoms with E-state index >= 15 is 0 Å². The fourth-order valence-corrected chi connectivity index (χ4v) is 3.36. The number of carbonyl (C=O) groups excluding carboxylic acids is 1. The van der Waals surface area contributed by atoms with Crippen molar-refractivity contribution in [3.63, 3.8) is 0 Å². The van der Waals surface area contributed by atoms with Crippen molar-refractivity contribution < 1.29 is 9.53 Å². The molecule has 1 unspecified atom stereocenters. The van der Waals surface area contributed by atoms with Gasteiger partial charge in [0.2, 0.25) is 5.91 Å². The smallest absolute Gasteiger partial charge is 0.237 e. The van der Waals surface area contributed by atoms with Crippen molar-refractivity contribution in [1.29, 1.82) is 0 Å². The van der Waals surface area contributed by atoms with Crippen molar-refractivity contribution >= 4 is 42.1 Å². The summed E-state index contributed by atoms with van der Waals surface area (Å²) in [6.07, 6.45) is 4.25. The normalized spacial score (nSPS) is 19.7. The Kier molecular flexibility index (Phi) is 8.07. The van der Waals surface area contributed by atoms with Crippen molar-refractivity contribution in [2.24, 2.45) is 11.7 Å². The molecule has 1 aromatic rings. The number of nitrogens with one attached hydrogen (secondary N) is 1. The number of aromatic nitrogens is 1.